The predicted molar refractivity (Wildman–Crippen MR) is 52.0 cm³/mol. The molecule has 60 valence electrons. The van der Waals surface area contributed by atoms with E-state index in [0.717, 1.165) is 9.21 Å². The molecule has 0 spiro atoms. The van der Waals surface area contributed by atoms with Crippen LogP contribution in [-0.2, 0) is 0 Å². The van der Waals surface area contributed by atoms with Gasteiger partial charge in [-0.3, -0.25) is 0 Å². The van der Waals surface area contributed by atoms with Gasteiger partial charge in [0.05, 0.1) is 4.34 Å². The quantitative estimate of drug-likeness (QED) is 0.757. The minimum atomic E-state index is 0.607. The summed E-state index contributed by atoms with van der Waals surface area (Å²) in [6, 6.07) is 3.88. The van der Waals surface area contributed by atoms with Crippen LogP contribution in [-0.4, -0.2) is 6.54 Å². The van der Waals surface area contributed by atoms with Crippen molar-refractivity contribution in [1.82, 2.24) is 0 Å². The number of thiophene rings is 1. The van der Waals surface area contributed by atoms with Crippen molar-refractivity contribution in [2.45, 2.75) is 6.92 Å². The Balaban J connectivity index is 2.78. The van der Waals surface area contributed by atoms with E-state index < -0.39 is 0 Å². The highest BCUT2D eigenvalue weighted by Gasteiger charge is 1.93. The average Bonchev–Trinajstić information content (AvgIpc) is 2.35. The van der Waals surface area contributed by atoms with Gasteiger partial charge in [-0.15, -0.1) is 11.3 Å². The molecule has 0 bridgehead atoms. The highest BCUT2D eigenvalue weighted by atomic mass is 35.5. The maximum atomic E-state index is 5.75. The molecule has 11 heavy (non-hydrogen) atoms. The van der Waals surface area contributed by atoms with Crippen LogP contribution >= 0.6 is 22.9 Å². The summed E-state index contributed by atoms with van der Waals surface area (Å²) in [6.07, 6.45) is 2.05. The van der Waals surface area contributed by atoms with E-state index in [-0.39, 0.29) is 0 Å². The summed E-state index contributed by atoms with van der Waals surface area (Å²) in [6.45, 7) is 2.61. The molecule has 2 N–H and O–H groups in total. The molecule has 1 heterocycles. The molecule has 1 nitrogen and oxygen atoms in total. The molecule has 0 aliphatic carbocycles. The Labute approximate surface area is 75.5 Å². The van der Waals surface area contributed by atoms with Crippen molar-refractivity contribution in [2.75, 3.05) is 6.54 Å². The molecule has 0 saturated heterocycles. The molecule has 1 aromatic heterocycles. The summed E-state index contributed by atoms with van der Waals surface area (Å²) >= 11 is 7.31. The lowest BCUT2D eigenvalue weighted by atomic mass is 10.2. The fraction of sp³-hybridized carbons (Fsp3) is 0.250. The Bertz CT molecular complexity index is 265. The first kappa shape index (κ1) is 8.78. The van der Waals surface area contributed by atoms with Crippen LogP contribution in [0.4, 0.5) is 0 Å². The Kier molecular flexibility index (Phi) is 3.12. The van der Waals surface area contributed by atoms with Gasteiger partial charge in [-0.25, -0.2) is 0 Å². The molecule has 0 aliphatic rings. The number of rotatable bonds is 2. The lowest BCUT2D eigenvalue weighted by molar-refractivity contribution is 1.15. The van der Waals surface area contributed by atoms with Crippen molar-refractivity contribution < 1.29 is 0 Å². The molecule has 0 aliphatic heterocycles. The van der Waals surface area contributed by atoms with E-state index in [2.05, 4.69) is 6.08 Å². The third-order valence-corrected chi connectivity index (χ3v) is 2.48. The van der Waals surface area contributed by atoms with Crippen molar-refractivity contribution >= 4 is 29.0 Å². The molecular formula is C8H10ClNS. The van der Waals surface area contributed by atoms with Gasteiger partial charge in [-0.05, 0) is 25.1 Å². The molecule has 0 amide bonds. The van der Waals surface area contributed by atoms with Gasteiger partial charge >= 0.3 is 0 Å². The summed E-state index contributed by atoms with van der Waals surface area (Å²) in [5.74, 6) is 0. The Morgan fingerprint density at radius 1 is 1.73 bits per heavy atom. The molecule has 0 atom stereocenters. The number of hydrogen-bond acceptors (Lipinski definition) is 2. The van der Waals surface area contributed by atoms with Crippen LogP contribution in [0.5, 0.6) is 0 Å². The summed E-state index contributed by atoms with van der Waals surface area (Å²) in [4.78, 5) is 1.16. The second-order valence-electron chi connectivity index (χ2n) is 2.34. The molecular weight excluding hydrogens is 178 g/mol. The zero-order valence-electron chi connectivity index (χ0n) is 6.30. The van der Waals surface area contributed by atoms with Gasteiger partial charge in [0, 0.05) is 11.4 Å². The Morgan fingerprint density at radius 3 is 2.91 bits per heavy atom. The van der Waals surface area contributed by atoms with Crippen LogP contribution in [0.25, 0.3) is 6.08 Å². The SMILES string of the molecule is CC(=Cc1ccc(Cl)s1)CN. The van der Waals surface area contributed by atoms with Gasteiger partial charge in [-0.2, -0.15) is 0 Å². The summed E-state index contributed by atoms with van der Waals surface area (Å²) < 4.78 is 0.820. The van der Waals surface area contributed by atoms with Gasteiger partial charge < -0.3 is 5.73 Å². The normalized spacial score (nSPS) is 12.1. The first-order valence-electron chi connectivity index (χ1n) is 3.35. The molecule has 0 unspecified atom stereocenters. The molecule has 0 radical (unpaired) electrons. The van der Waals surface area contributed by atoms with E-state index in [9.17, 15) is 0 Å². The highest BCUT2D eigenvalue weighted by Crippen LogP contribution is 2.23. The molecule has 0 saturated carbocycles. The first-order valence-corrected chi connectivity index (χ1v) is 4.54. The van der Waals surface area contributed by atoms with E-state index in [1.54, 1.807) is 11.3 Å². The topological polar surface area (TPSA) is 26.0 Å². The number of halogens is 1. The standard InChI is InChI=1S/C8H10ClNS/c1-6(5-10)4-7-2-3-8(9)11-7/h2-4H,5,10H2,1H3. The van der Waals surface area contributed by atoms with Crippen molar-refractivity contribution in [2.24, 2.45) is 5.73 Å². The smallest absolute Gasteiger partial charge is 0.0934 e. The minimum absolute atomic E-state index is 0.607. The largest absolute Gasteiger partial charge is 0.327 e. The Morgan fingerprint density at radius 2 is 2.45 bits per heavy atom. The van der Waals surface area contributed by atoms with Crippen molar-refractivity contribution in [3.05, 3.63) is 26.9 Å². The van der Waals surface area contributed by atoms with E-state index in [4.69, 9.17) is 17.3 Å². The maximum absolute atomic E-state index is 5.75. The predicted octanol–water partition coefficient (Wildman–Crippen LogP) is 2.76. The summed E-state index contributed by atoms with van der Waals surface area (Å²) in [7, 11) is 0. The first-order chi connectivity index (χ1) is 5.22. The molecule has 0 fully saturated rings. The van der Waals surface area contributed by atoms with E-state index >= 15 is 0 Å². The molecule has 1 aromatic rings. The van der Waals surface area contributed by atoms with Crippen LogP contribution in [0.15, 0.2) is 17.7 Å². The van der Waals surface area contributed by atoms with Gasteiger partial charge in [0.1, 0.15) is 0 Å². The number of nitrogens with two attached hydrogens (primary N) is 1. The fourth-order valence-electron chi connectivity index (χ4n) is 0.708. The van der Waals surface area contributed by atoms with Crippen LogP contribution in [0.2, 0.25) is 4.34 Å². The lowest BCUT2D eigenvalue weighted by Gasteiger charge is -1.91. The third kappa shape index (κ3) is 2.66. The average molecular weight is 188 g/mol. The van der Waals surface area contributed by atoms with Gasteiger partial charge in [0.15, 0.2) is 0 Å². The summed E-state index contributed by atoms with van der Waals surface area (Å²) in [5, 5.41) is 0. The van der Waals surface area contributed by atoms with Gasteiger partial charge in [0.25, 0.3) is 0 Å². The van der Waals surface area contributed by atoms with E-state index in [0.29, 0.717) is 6.54 Å². The summed E-state index contributed by atoms with van der Waals surface area (Å²) in [5.41, 5.74) is 6.60. The van der Waals surface area contributed by atoms with Crippen molar-refractivity contribution in [3.63, 3.8) is 0 Å². The third-order valence-electron chi connectivity index (χ3n) is 1.30. The van der Waals surface area contributed by atoms with Crippen LogP contribution in [0, 0.1) is 0 Å². The highest BCUT2D eigenvalue weighted by molar-refractivity contribution is 7.17. The van der Waals surface area contributed by atoms with Gasteiger partial charge in [0.2, 0.25) is 0 Å². The molecule has 1 rings (SSSR count). The fourth-order valence-corrected chi connectivity index (χ4v) is 1.80. The Hall–Kier alpha value is -0.310. The minimum Gasteiger partial charge on any atom is -0.327 e. The van der Waals surface area contributed by atoms with Gasteiger partial charge in [-0.1, -0.05) is 17.2 Å². The van der Waals surface area contributed by atoms with E-state index in [1.807, 2.05) is 19.1 Å². The monoisotopic (exact) mass is 187 g/mol. The van der Waals surface area contributed by atoms with Crippen LogP contribution in [0.1, 0.15) is 11.8 Å². The molecule has 0 aromatic carbocycles. The maximum Gasteiger partial charge on any atom is 0.0934 e. The van der Waals surface area contributed by atoms with Crippen LogP contribution in [0.3, 0.4) is 0 Å². The number of hydrogen-bond donors (Lipinski definition) is 1. The zero-order chi connectivity index (χ0) is 8.27. The molecule has 3 heteroatoms. The van der Waals surface area contributed by atoms with Crippen LogP contribution < -0.4 is 5.73 Å². The lowest BCUT2D eigenvalue weighted by Crippen LogP contribution is -1.98. The second-order valence-corrected chi connectivity index (χ2v) is 4.08. The zero-order valence-corrected chi connectivity index (χ0v) is 7.88. The second kappa shape index (κ2) is 3.90. The van der Waals surface area contributed by atoms with E-state index in [1.165, 1.54) is 5.57 Å². The van der Waals surface area contributed by atoms with Crippen molar-refractivity contribution in [3.8, 4) is 0 Å². The van der Waals surface area contributed by atoms with Crippen molar-refractivity contribution in [1.29, 1.82) is 0 Å².